The van der Waals surface area contributed by atoms with Crippen LogP contribution in [0.5, 0.6) is 17.2 Å². The molecule has 1 unspecified atom stereocenters. The second-order valence-corrected chi connectivity index (χ2v) is 12.6. The molecule has 1 aliphatic rings. The molecule has 3 aromatic rings. The van der Waals surface area contributed by atoms with Crippen molar-refractivity contribution in [3.8, 4) is 17.2 Å². The number of nitrogens with zero attached hydrogens (tertiary/aromatic N) is 2. The van der Waals surface area contributed by atoms with E-state index in [1.54, 1.807) is 56.5 Å². The summed E-state index contributed by atoms with van der Waals surface area (Å²) in [5.41, 5.74) is 0.889. The molecule has 0 saturated heterocycles. The Hall–Kier alpha value is -4.25. The zero-order valence-corrected chi connectivity index (χ0v) is 26.5. The molecule has 1 atom stereocenters. The molecule has 0 spiro atoms. The Kier molecular flexibility index (Phi) is 11.1. The Bertz CT molecular complexity index is 1510. The van der Waals surface area contributed by atoms with E-state index >= 15 is 0 Å². The molecule has 2 amide bonds. The summed E-state index contributed by atoms with van der Waals surface area (Å²) in [7, 11) is 0.202. The molecule has 0 aliphatic heterocycles. The van der Waals surface area contributed by atoms with E-state index < -0.39 is 28.5 Å². The third-order valence-electron chi connectivity index (χ3n) is 7.90. The van der Waals surface area contributed by atoms with Gasteiger partial charge in [0.25, 0.3) is 10.0 Å². The molecule has 0 radical (unpaired) electrons. The first kappa shape index (κ1) is 32.7. The standard InChI is InChI=1S/C33H41N3O7S/c1-24(33(38)34-26-11-7-5-8-12-26)35(22-25-15-17-27(41-2)18-16-25)32(37)23-36(44(39,40)29-13-9-6-10-14-29)30-21-28(42-3)19-20-31(30)43-4/h6,9-10,13-21,24,26H,5,7-8,11-12,22-23H2,1-4H3,(H,34,38). The highest BCUT2D eigenvalue weighted by atomic mass is 32.2. The van der Waals surface area contributed by atoms with Gasteiger partial charge in [-0.3, -0.25) is 13.9 Å². The fourth-order valence-corrected chi connectivity index (χ4v) is 6.74. The van der Waals surface area contributed by atoms with E-state index in [1.165, 1.54) is 37.3 Å². The van der Waals surface area contributed by atoms with Crippen molar-refractivity contribution in [2.45, 2.75) is 62.6 Å². The number of rotatable bonds is 13. The van der Waals surface area contributed by atoms with Crippen LogP contribution in [-0.4, -0.2) is 65.1 Å². The van der Waals surface area contributed by atoms with Crippen LogP contribution < -0.4 is 23.8 Å². The fourth-order valence-electron chi connectivity index (χ4n) is 5.30. The Morgan fingerprint density at radius 3 is 2.11 bits per heavy atom. The van der Waals surface area contributed by atoms with Crippen LogP contribution in [0.2, 0.25) is 0 Å². The molecular formula is C33H41N3O7S. The van der Waals surface area contributed by atoms with Gasteiger partial charge in [-0.15, -0.1) is 0 Å². The number of hydrogen-bond donors (Lipinski definition) is 1. The number of anilines is 1. The molecular weight excluding hydrogens is 582 g/mol. The first-order valence-corrected chi connectivity index (χ1v) is 16.1. The van der Waals surface area contributed by atoms with Crippen LogP contribution in [0.25, 0.3) is 0 Å². The summed E-state index contributed by atoms with van der Waals surface area (Å²) in [5.74, 6) is 0.436. The van der Waals surface area contributed by atoms with Gasteiger partial charge in [0.05, 0.1) is 31.9 Å². The van der Waals surface area contributed by atoms with Crippen molar-refractivity contribution in [3.05, 3.63) is 78.4 Å². The van der Waals surface area contributed by atoms with Gasteiger partial charge in [-0.1, -0.05) is 49.6 Å². The lowest BCUT2D eigenvalue weighted by Gasteiger charge is -2.33. The van der Waals surface area contributed by atoms with Crippen LogP contribution in [0.1, 0.15) is 44.6 Å². The van der Waals surface area contributed by atoms with Gasteiger partial charge in [0.1, 0.15) is 29.8 Å². The monoisotopic (exact) mass is 623 g/mol. The van der Waals surface area contributed by atoms with E-state index in [0.717, 1.165) is 42.0 Å². The molecule has 4 rings (SSSR count). The first-order valence-electron chi connectivity index (χ1n) is 14.7. The average Bonchev–Trinajstić information content (AvgIpc) is 3.06. The van der Waals surface area contributed by atoms with Crippen LogP contribution in [0.15, 0.2) is 77.7 Å². The molecule has 1 aliphatic carbocycles. The van der Waals surface area contributed by atoms with Crippen molar-refractivity contribution in [1.82, 2.24) is 10.2 Å². The van der Waals surface area contributed by atoms with Crippen molar-refractivity contribution in [2.24, 2.45) is 0 Å². The van der Waals surface area contributed by atoms with E-state index in [0.29, 0.717) is 11.5 Å². The number of benzene rings is 3. The van der Waals surface area contributed by atoms with Gasteiger partial charge < -0.3 is 24.4 Å². The molecule has 0 bridgehead atoms. The molecule has 1 saturated carbocycles. The summed E-state index contributed by atoms with van der Waals surface area (Å²) in [4.78, 5) is 29.2. The summed E-state index contributed by atoms with van der Waals surface area (Å²) < 4.78 is 45.4. The normalized spacial score (nSPS) is 14.3. The average molecular weight is 624 g/mol. The van der Waals surface area contributed by atoms with Gasteiger partial charge in [0, 0.05) is 18.7 Å². The van der Waals surface area contributed by atoms with Gasteiger partial charge in [0.15, 0.2) is 0 Å². The summed E-state index contributed by atoms with van der Waals surface area (Å²) >= 11 is 0. The summed E-state index contributed by atoms with van der Waals surface area (Å²) in [5, 5.41) is 3.11. The maximum atomic E-state index is 14.3. The fraction of sp³-hybridized carbons (Fsp3) is 0.394. The van der Waals surface area contributed by atoms with Crippen molar-refractivity contribution in [2.75, 3.05) is 32.2 Å². The van der Waals surface area contributed by atoms with Crippen LogP contribution in [0.3, 0.4) is 0 Å². The van der Waals surface area contributed by atoms with Crippen LogP contribution in [0.4, 0.5) is 5.69 Å². The smallest absolute Gasteiger partial charge is 0.264 e. The SMILES string of the molecule is COc1ccc(CN(C(=O)CN(c2cc(OC)ccc2OC)S(=O)(=O)c2ccccc2)C(C)C(=O)NC2CCCCC2)cc1. The number of hydrogen-bond acceptors (Lipinski definition) is 7. The second-order valence-electron chi connectivity index (χ2n) is 10.8. The number of methoxy groups -OCH3 is 3. The molecule has 1 fully saturated rings. The Morgan fingerprint density at radius 1 is 0.864 bits per heavy atom. The van der Waals surface area contributed by atoms with Crippen LogP contribution in [0, 0.1) is 0 Å². The lowest BCUT2D eigenvalue weighted by atomic mass is 9.95. The second kappa shape index (κ2) is 15.0. The lowest BCUT2D eigenvalue weighted by Crippen LogP contribution is -2.53. The van der Waals surface area contributed by atoms with E-state index in [4.69, 9.17) is 14.2 Å². The molecule has 10 nitrogen and oxygen atoms in total. The zero-order chi connectivity index (χ0) is 31.7. The Morgan fingerprint density at radius 2 is 1.50 bits per heavy atom. The van der Waals surface area contributed by atoms with E-state index in [-0.39, 0.29) is 34.8 Å². The molecule has 11 heteroatoms. The molecule has 0 heterocycles. The summed E-state index contributed by atoms with van der Waals surface area (Å²) in [6.07, 6.45) is 5.02. The minimum Gasteiger partial charge on any atom is -0.497 e. The van der Waals surface area contributed by atoms with Crippen LogP contribution in [-0.2, 0) is 26.2 Å². The summed E-state index contributed by atoms with van der Waals surface area (Å²) in [6.45, 7) is 1.16. The largest absolute Gasteiger partial charge is 0.497 e. The quantitative estimate of drug-likeness (QED) is 0.292. The molecule has 1 N–H and O–H groups in total. The third-order valence-corrected chi connectivity index (χ3v) is 9.67. The van der Waals surface area contributed by atoms with Gasteiger partial charge in [-0.05, 0) is 61.7 Å². The van der Waals surface area contributed by atoms with Crippen molar-refractivity contribution >= 4 is 27.5 Å². The van der Waals surface area contributed by atoms with Crippen molar-refractivity contribution < 1.29 is 32.2 Å². The van der Waals surface area contributed by atoms with Gasteiger partial charge >= 0.3 is 0 Å². The van der Waals surface area contributed by atoms with E-state index in [1.807, 2.05) is 12.1 Å². The van der Waals surface area contributed by atoms with Gasteiger partial charge in [0.2, 0.25) is 11.8 Å². The lowest BCUT2D eigenvalue weighted by molar-refractivity contribution is -0.139. The van der Waals surface area contributed by atoms with Crippen LogP contribution >= 0.6 is 0 Å². The predicted molar refractivity (Wildman–Crippen MR) is 169 cm³/mol. The number of carbonyl (C=O) groups excluding carboxylic acids is 2. The minimum atomic E-state index is -4.26. The molecule has 236 valence electrons. The first-order chi connectivity index (χ1) is 21.2. The third kappa shape index (κ3) is 7.82. The predicted octanol–water partition coefficient (Wildman–Crippen LogP) is 4.77. The summed E-state index contributed by atoms with van der Waals surface area (Å²) in [6, 6.07) is 19.0. The highest BCUT2D eigenvalue weighted by molar-refractivity contribution is 7.92. The topological polar surface area (TPSA) is 114 Å². The highest BCUT2D eigenvalue weighted by Gasteiger charge is 2.34. The maximum absolute atomic E-state index is 14.3. The number of sulfonamides is 1. The molecule has 3 aromatic carbocycles. The number of nitrogens with one attached hydrogen (secondary N) is 1. The van der Waals surface area contributed by atoms with Crippen molar-refractivity contribution in [3.63, 3.8) is 0 Å². The molecule has 44 heavy (non-hydrogen) atoms. The number of amides is 2. The zero-order valence-electron chi connectivity index (χ0n) is 25.7. The van der Waals surface area contributed by atoms with E-state index in [2.05, 4.69) is 5.32 Å². The number of ether oxygens (including phenoxy) is 3. The highest BCUT2D eigenvalue weighted by Crippen LogP contribution is 2.36. The Labute approximate surface area is 260 Å². The van der Waals surface area contributed by atoms with Gasteiger partial charge in [-0.2, -0.15) is 0 Å². The van der Waals surface area contributed by atoms with Crippen molar-refractivity contribution in [1.29, 1.82) is 0 Å². The minimum absolute atomic E-state index is 0.00228. The van der Waals surface area contributed by atoms with Gasteiger partial charge in [-0.25, -0.2) is 8.42 Å². The maximum Gasteiger partial charge on any atom is 0.264 e. The van der Waals surface area contributed by atoms with E-state index in [9.17, 15) is 18.0 Å². The Balaban J connectivity index is 1.73. The molecule has 0 aromatic heterocycles. The number of carbonyl (C=O) groups is 2.